The molecule has 0 atom stereocenters. The fourth-order valence-electron chi connectivity index (χ4n) is 1.20. The molecule has 0 bridgehead atoms. The predicted molar refractivity (Wildman–Crippen MR) is 48.8 cm³/mol. The van der Waals surface area contributed by atoms with Gasteiger partial charge in [0.2, 0.25) is 0 Å². The topological polar surface area (TPSA) is 63.2 Å². The van der Waals surface area contributed by atoms with E-state index in [1.165, 1.54) is 0 Å². The molecule has 0 aromatic heterocycles. The summed E-state index contributed by atoms with van der Waals surface area (Å²) in [5.41, 5.74) is -0.176. The summed E-state index contributed by atoms with van der Waals surface area (Å²) in [7, 11) is -3.79. The number of carbonyl (C=O) groups is 1. The van der Waals surface area contributed by atoms with Crippen molar-refractivity contribution in [3.8, 4) is 0 Å². The molecule has 0 unspecified atom stereocenters. The van der Waals surface area contributed by atoms with Gasteiger partial charge in [0.05, 0.1) is 10.0 Å². The van der Waals surface area contributed by atoms with Crippen molar-refractivity contribution in [2.24, 2.45) is 0 Å². The third-order valence-corrected chi connectivity index (χ3v) is 3.95. The number of benzene rings is 1. The van der Waals surface area contributed by atoms with E-state index in [1.54, 1.807) is 4.72 Å². The van der Waals surface area contributed by atoms with Gasteiger partial charge in [-0.25, -0.2) is 17.5 Å². The monoisotopic (exact) mass is 279 g/mol. The van der Waals surface area contributed by atoms with Gasteiger partial charge in [0, 0.05) is 0 Å². The molecule has 0 saturated heterocycles. The van der Waals surface area contributed by atoms with Gasteiger partial charge < -0.3 is 0 Å². The fourth-order valence-corrected chi connectivity index (χ4v) is 3.02. The van der Waals surface area contributed by atoms with E-state index in [0.29, 0.717) is 0 Å². The Balaban J connectivity index is 2.89. The van der Waals surface area contributed by atoms with E-state index < -0.39 is 21.7 Å². The Morgan fingerprint density at radius 3 is 2.64 bits per heavy atom. The predicted octanol–water partition coefficient (Wildman–Crippen LogP) is 1.02. The summed E-state index contributed by atoms with van der Waals surface area (Å²) < 4.78 is 37.1. The molecule has 14 heavy (non-hydrogen) atoms. The van der Waals surface area contributed by atoms with Crippen molar-refractivity contribution in [2.75, 3.05) is 0 Å². The van der Waals surface area contributed by atoms with Gasteiger partial charge >= 0.3 is 0 Å². The highest BCUT2D eigenvalue weighted by atomic mass is 79.9. The van der Waals surface area contributed by atoms with Gasteiger partial charge in [-0.1, -0.05) is 0 Å². The van der Waals surface area contributed by atoms with Crippen LogP contribution in [0.1, 0.15) is 10.4 Å². The highest BCUT2D eigenvalue weighted by molar-refractivity contribution is 9.10. The standard InChI is InChI=1S/C7H3BrFNO3S/c8-6-3(9)1-2-4-5(6)7(11)10-14(4,12)13/h1-2H,(H,10,11). The highest BCUT2D eigenvalue weighted by Crippen LogP contribution is 2.30. The summed E-state index contributed by atoms with van der Waals surface area (Å²) >= 11 is 2.82. The summed E-state index contributed by atoms with van der Waals surface area (Å²) in [6.45, 7) is 0. The number of amides is 1. The molecule has 1 heterocycles. The van der Waals surface area contributed by atoms with Crippen molar-refractivity contribution in [1.82, 2.24) is 4.72 Å². The molecule has 0 spiro atoms. The number of nitrogens with one attached hydrogen (secondary N) is 1. The van der Waals surface area contributed by atoms with E-state index in [-0.39, 0.29) is 14.9 Å². The molecule has 1 amide bonds. The van der Waals surface area contributed by atoms with Crippen molar-refractivity contribution >= 4 is 31.9 Å². The number of hydrogen-bond donors (Lipinski definition) is 1. The lowest BCUT2D eigenvalue weighted by atomic mass is 10.2. The molecule has 0 radical (unpaired) electrons. The smallest absolute Gasteiger partial charge is 0.267 e. The number of rotatable bonds is 0. The molecule has 0 aliphatic carbocycles. The van der Waals surface area contributed by atoms with Crippen LogP contribution in [0.2, 0.25) is 0 Å². The molecule has 7 heteroatoms. The molecule has 4 nitrogen and oxygen atoms in total. The van der Waals surface area contributed by atoms with Crippen LogP contribution in [-0.2, 0) is 10.0 Å². The van der Waals surface area contributed by atoms with Crippen molar-refractivity contribution in [3.05, 3.63) is 28.0 Å². The van der Waals surface area contributed by atoms with E-state index in [0.717, 1.165) is 12.1 Å². The second-order valence-electron chi connectivity index (χ2n) is 2.67. The zero-order valence-corrected chi connectivity index (χ0v) is 8.95. The first-order valence-electron chi connectivity index (χ1n) is 3.48. The van der Waals surface area contributed by atoms with Crippen LogP contribution in [-0.4, -0.2) is 14.3 Å². The fraction of sp³-hybridized carbons (Fsp3) is 0. The Labute approximate surface area is 87.3 Å². The molecule has 0 saturated carbocycles. The molecule has 1 aromatic carbocycles. The summed E-state index contributed by atoms with van der Waals surface area (Å²) in [6, 6.07) is 2.05. The maximum atomic E-state index is 13.0. The van der Waals surface area contributed by atoms with Gasteiger partial charge in [0.1, 0.15) is 10.7 Å². The first-order chi connectivity index (χ1) is 6.43. The number of halogens is 2. The Morgan fingerprint density at radius 2 is 2.00 bits per heavy atom. The quantitative estimate of drug-likeness (QED) is 0.771. The minimum absolute atomic E-state index is 0.131. The van der Waals surface area contributed by atoms with Gasteiger partial charge in [-0.05, 0) is 28.1 Å². The van der Waals surface area contributed by atoms with Crippen LogP contribution in [0.3, 0.4) is 0 Å². The average Bonchev–Trinajstić information content (AvgIpc) is 2.29. The third-order valence-electron chi connectivity index (χ3n) is 1.80. The van der Waals surface area contributed by atoms with Crippen LogP contribution in [0, 0.1) is 5.82 Å². The lowest BCUT2D eigenvalue weighted by molar-refractivity contribution is 0.0984. The van der Waals surface area contributed by atoms with E-state index >= 15 is 0 Å². The van der Waals surface area contributed by atoms with Gasteiger partial charge in [-0.3, -0.25) is 4.79 Å². The molecule has 74 valence electrons. The Morgan fingerprint density at radius 1 is 1.36 bits per heavy atom. The Bertz CT molecular complexity index is 540. The van der Waals surface area contributed by atoms with E-state index in [9.17, 15) is 17.6 Å². The van der Waals surface area contributed by atoms with Crippen LogP contribution < -0.4 is 4.72 Å². The summed E-state index contributed by atoms with van der Waals surface area (Å²) in [5.74, 6) is -1.48. The maximum absolute atomic E-state index is 13.0. The molecule has 1 N–H and O–H groups in total. The Kier molecular flexibility index (Phi) is 1.90. The van der Waals surface area contributed by atoms with Crippen LogP contribution in [0.25, 0.3) is 0 Å². The van der Waals surface area contributed by atoms with Gasteiger partial charge in [-0.2, -0.15) is 0 Å². The zero-order chi connectivity index (χ0) is 10.5. The van der Waals surface area contributed by atoms with Gasteiger partial charge in [0.25, 0.3) is 15.9 Å². The molecular weight excluding hydrogens is 277 g/mol. The van der Waals surface area contributed by atoms with Gasteiger partial charge in [-0.15, -0.1) is 0 Å². The van der Waals surface area contributed by atoms with Crippen molar-refractivity contribution in [3.63, 3.8) is 0 Å². The third kappa shape index (κ3) is 1.16. The average molecular weight is 280 g/mol. The lowest BCUT2D eigenvalue weighted by Crippen LogP contribution is -2.20. The molecule has 2 rings (SSSR count). The van der Waals surface area contributed by atoms with Crippen molar-refractivity contribution in [1.29, 1.82) is 0 Å². The summed E-state index contributed by atoms with van der Waals surface area (Å²) in [5, 5.41) is 0. The summed E-state index contributed by atoms with van der Waals surface area (Å²) in [6.07, 6.45) is 0. The van der Waals surface area contributed by atoms with Crippen molar-refractivity contribution in [2.45, 2.75) is 4.90 Å². The lowest BCUT2D eigenvalue weighted by Gasteiger charge is -1.98. The zero-order valence-electron chi connectivity index (χ0n) is 6.54. The largest absolute Gasteiger partial charge is 0.268 e. The first-order valence-corrected chi connectivity index (χ1v) is 5.76. The van der Waals surface area contributed by atoms with Crippen molar-refractivity contribution < 1.29 is 17.6 Å². The van der Waals surface area contributed by atoms with E-state index in [2.05, 4.69) is 15.9 Å². The number of sulfonamides is 1. The second kappa shape index (κ2) is 2.77. The maximum Gasteiger partial charge on any atom is 0.267 e. The summed E-state index contributed by atoms with van der Waals surface area (Å²) in [4.78, 5) is 11.0. The minimum atomic E-state index is -3.79. The van der Waals surface area contributed by atoms with Gasteiger partial charge in [0.15, 0.2) is 0 Å². The number of carbonyl (C=O) groups excluding carboxylic acids is 1. The van der Waals surface area contributed by atoms with Crippen LogP contribution in [0.4, 0.5) is 4.39 Å². The number of hydrogen-bond acceptors (Lipinski definition) is 3. The molecule has 1 aliphatic heterocycles. The van der Waals surface area contributed by atoms with Crippen LogP contribution in [0.15, 0.2) is 21.5 Å². The SMILES string of the molecule is O=C1NS(=O)(=O)c2ccc(F)c(Br)c21. The minimum Gasteiger partial charge on any atom is -0.268 e. The van der Waals surface area contributed by atoms with E-state index in [4.69, 9.17) is 0 Å². The molecule has 0 fully saturated rings. The normalized spacial score (nSPS) is 17.7. The van der Waals surface area contributed by atoms with E-state index in [1.807, 2.05) is 0 Å². The van der Waals surface area contributed by atoms with Crippen LogP contribution >= 0.6 is 15.9 Å². The highest BCUT2D eigenvalue weighted by Gasteiger charge is 2.35. The molecule has 1 aliphatic rings. The Hall–Kier alpha value is -0.950. The number of fused-ring (bicyclic) bond motifs is 1. The molecular formula is C7H3BrFNO3S. The second-order valence-corrected chi connectivity index (χ2v) is 5.11. The van der Waals surface area contributed by atoms with Crippen LogP contribution in [0.5, 0.6) is 0 Å². The first kappa shape index (κ1) is 9.60. The molecule has 1 aromatic rings.